The Labute approximate surface area is 153 Å². The average Bonchev–Trinajstić information content (AvgIpc) is 2.53. The Hall–Kier alpha value is -2.35. The highest BCUT2D eigenvalue weighted by atomic mass is 16.6. The molecule has 8 nitrogen and oxygen atoms in total. The fourth-order valence-corrected chi connectivity index (χ4v) is 3.03. The Kier molecular flexibility index (Phi) is 6.07. The van der Waals surface area contributed by atoms with Gasteiger partial charge in [-0.05, 0) is 33.8 Å². The number of hydrogen-bond donors (Lipinski definition) is 0. The van der Waals surface area contributed by atoms with Gasteiger partial charge >= 0.3 is 6.09 Å². The summed E-state index contributed by atoms with van der Waals surface area (Å²) in [7, 11) is 1.56. The van der Waals surface area contributed by atoms with Crippen LogP contribution in [0.3, 0.4) is 0 Å². The van der Waals surface area contributed by atoms with Crippen LogP contribution in [0.15, 0.2) is 18.2 Å². The summed E-state index contributed by atoms with van der Waals surface area (Å²) in [4.78, 5) is 26.8. The Morgan fingerprint density at radius 1 is 1.35 bits per heavy atom. The second-order valence-electron chi connectivity index (χ2n) is 7.47. The number of nitro groups is 1. The summed E-state index contributed by atoms with van der Waals surface area (Å²) in [5, 5.41) is 11.0. The number of anilines is 1. The normalized spacial score (nSPS) is 18.0. The molecule has 2 rings (SSSR count). The largest absolute Gasteiger partial charge is 0.444 e. The lowest BCUT2D eigenvalue weighted by molar-refractivity contribution is -0.384. The minimum Gasteiger partial charge on any atom is -0.444 e. The molecule has 1 saturated heterocycles. The van der Waals surface area contributed by atoms with Gasteiger partial charge in [0.05, 0.1) is 11.5 Å². The molecule has 0 aliphatic carbocycles. The number of carbonyl (C=O) groups excluding carboxylic acids is 1. The number of benzene rings is 1. The van der Waals surface area contributed by atoms with Crippen LogP contribution in [-0.2, 0) is 16.1 Å². The van der Waals surface area contributed by atoms with Gasteiger partial charge < -0.3 is 19.3 Å². The number of ether oxygens (including phenoxy) is 2. The number of methoxy groups -OCH3 is 1. The molecule has 0 bridgehead atoms. The lowest BCUT2D eigenvalue weighted by atomic mass is 10.1. The molecular weight excluding hydrogens is 338 g/mol. The highest BCUT2D eigenvalue weighted by molar-refractivity contribution is 5.69. The molecule has 1 unspecified atom stereocenters. The molecule has 1 aromatic carbocycles. The van der Waals surface area contributed by atoms with E-state index >= 15 is 0 Å². The molecule has 0 aromatic heterocycles. The van der Waals surface area contributed by atoms with Crippen molar-refractivity contribution >= 4 is 17.5 Å². The summed E-state index contributed by atoms with van der Waals surface area (Å²) in [6.45, 7) is 9.57. The molecule has 144 valence electrons. The molecule has 0 saturated carbocycles. The van der Waals surface area contributed by atoms with E-state index in [9.17, 15) is 14.9 Å². The quantitative estimate of drug-likeness (QED) is 0.602. The number of amides is 1. The third kappa shape index (κ3) is 4.85. The maximum atomic E-state index is 12.3. The third-order valence-electron chi connectivity index (χ3n) is 4.17. The summed E-state index contributed by atoms with van der Waals surface area (Å²) in [5.74, 6) is 0. The van der Waals surface area contributed by atoms with Gasteiger partial charge in [0.2, 0.25) is 0 Å². The summed E-state index contributed by atoms with van der Waals surface area (Å²) >= 11 is 0. The van der Waals surface area contributed by atoms with Crippen molar-refractivity contribution in [1.82, 2.24) is 4.90 Å². The molecule has 1 heterocycles. The van der Waals surface area contributed by atoms with Crippen molar-refractivity contribution in [2.45, 2.75) is 45.9 Å². The molecule has 1 amide bonds. The first-order valence-corrected chi connectivity index (χ1v) is 8.63. The first-order valence-electron chi connectivity index (χ1n) is 8.63. The maximum Gasteiger partial charge on any atom is 0.410 e. The van der Waals surface area contributed by atoms with Crippen molar-refractivity contribution < 1.29 is 19.2 Å². The van der Waals surface area contributed by atoms with Gasteiger partial charge in [0.25, 0.3) is 5.69 Å². The average molecular weight is 365 g/mol. The zero-order valence-corrected chi connectivity index (χ0v) is 16.0. The van der Waals surface area contributed by atoms with Gasteiger partial charge in [-0.25, -0.2) is 4.79 Å². The molecule has 0 spiro atoms. The van der Waals surface area contributed by atoms with Crippen molar-refractivity contribution in [2.24, 2.45) is 0 Å². The number of hydrogen-bond acceptors (Lipinski definition) is 6. The molecule has 1 atom stereocenters. The second-order valence-corrected chi connectivity index (χ2v) is 7.47. The SMILES string of the molecule is COCc1cc([N+](=O)[O-])ccc1N1CCN(C(=O)OC(C)(C)C)C(C)C1. The van der Waals surface area contributed by atoms with E-state index in [1.165, 1.54) is 6.07 Å². The smallest absolute Gasteiger partial charge is 0.410 e. The molecule has 8 heteroatoms. The van der Waals surface area contributed by atoms with Crippen LogP contribution >= 0.6 is 0 Å². The second kappa shape index (κ2) is 7.90. The van der Waals surface area contributed by atoms with Gasteiger partial charge in [0.15, 0.2) is 0 Å². The van der Waals surface area contributed by atoms with Gasteiger partial charge in [0.1, 0.15) is 5.60 Å². The number of nitro benzene ring substituents is 1. The van der Waals surface area contributed by atoms with Crippen molar-refractivity contribution in [1.29, 1.82) is 0 Å². The van der Waals surface area contributed by atoms with Crippen molar-refractivity contribution in [3.8, 4) is 0 Å². The van der Waals surface area contributed by atoms with E-state index in [0.29, 0.717) is 19.6 Å². The van der Waals surface area contributed by atoms with E-state index < -0.39 is 10.5 Å². The van der Waals surface area contributed by atoms with Crippen LogP contribution in [0.4, 0.5) is 16.2 Å². The molecule has 1 aliphatic rings. The predicted molar refractivity (Wildman–Crippen MR) is 98.4 cm³/mol. The van der Waals surface area contributed by atoms with Crippen LogP contribution in [-0.4, -0.2) is 54.3 Å². The van der Waals surface area contributed by atoms with E-state index in [-0.39, 0.29) is 24.4 Å². The van der Waals surface area contributed by atoms with E-state index in [4.69, 9.17) is 9.47 Å². The van der Waals surface area contributed by atoms with Crippen LogP contribution in [0.1, 0.15) is 33.3 Å². The summed E-state index contributed by atoms with van der Waals surface area (Å²) in [6, 6.07) is 4.76. The highest BCUT2D eigenvalue weighted by Gasteiger charge is 2.31. The topological polar surface area (TPSA) is 85.2 Å². The lowest BCUT2D eigenvalue weighted by Gasteiger charge is -2.41. The molecule has 26 heavy (non-hydrogen) atoms. The van der Waals surface area contributed by atoms with Crippen molar-refractivity contribution in [3.05, 3.63) is 33.9 Å². The maximum absolute atomic E-state index is 12.3. The zero-order chi connectivity index (χ0) is 19.5. The van der Waals surface area contributed by atoms with Crippen molar-refractivity contribution in [2.75, 3.05) is 31.6 Å². The Morgan fingerprint density at radius 2 is 2.04 bits per heavy atom. The standard InChI is InChI=1S/C18H27N3O5/c1-13-11-19(8-9-20(13)17(22)26-18(2,3)4)16-7-6-15(21(23)24)10-14(16)12-25-5/h6-7,10,13H,8-9,11-12H2,1-5H3. The van der Waals surface area contributed by atoms with Gasteiger partial charge in [0, 0.05) is 56.2 Å². The van der Waals surface area contributed by atoms with Crippen LogP contribution in [0.5, 0.6) is 0 Å². The molecule has 1 aromatic rings. The third-order valence-corrected chi connectivity index (χ3v) is 4.17. The number of carbonyl (C=O) groups is 1. The highest BCUT2D eigenvalue weighted by Crippen LogP contribution is 2.28. The zero-order valence-electron chi connectivity index (χ0n) is 16.0. The monoisotopic (exact) mass is 365 g/mol. The van der Waals surface area contributed by atoms with E-state index in [0.717, 1.165) is 11.3 Å². The Morgan fingerprint density at radius 3 is 2.58 bits per heavy atom. The summed E-state index contributed by atoms with van der Waals surface area (Å²) in [5.41, 5.74) is 1.17. The van der Waals surface area contributed by atoms with Crippen LogP contribution < -0.4 is 4.90 Å². The van der Waals surface area contributed by atoms with E-state index in [1.54, 1.807) is 24.1 Å². The molecule has 1 aliphatic heterocycles. The first kappa shape index (κ1) is 20.0. The lowest BCUT2D eigenvalue weighted by Crippen LogP contribution is -2.55. The predicted octanol–water partition coefficient (Wildman–Crippen LogP) is 3.19. The Balaban J connectivity index is 2.15. The molecular formula is C18H27N3O5. The Bertz CT molecular complexity index is 671. The first-order chi connectivity index (χ1) is 12.1. The van der Waals surface area contributed by atoms with Gasteiger partial charge in [-0.2, -0.15) is 0 Å². The van der Waals surface area contributed by atoms with Crippen LogP contribution in [0.2, 0.25) is 0 Å². The minimum absolute atomic E-state index is 0.0378. The minimum atomic E-state index is -0.530. The van der Waals surface area contributed by atoms with Gasteiger partial charge in [-0.1, -0.05) is 0 Å². The summed E-state index contributed by atoms with van der Waals surface area (Å²) in [6.07, 6.45) is -0.314. The van der Waals surface area contributed by atoms with Crippen LogP contribution in [0.25, 0.3) is 0 Å². The fraction of sp³-hybridized carbons (Fsp3) is 0.611. The number of piperazine rings is 1. The number of non-ortho nitro benzene ring substituents is 1. The molecule has 0 N–H and O–H groups in total. The molecule has 1 fully saturated rings. The van der Waals surface area contributed by atoms with Gasteiger partial charge in [-0.15, -0.1) is 0 Å². The number of nitrogens with zero attached hydrogens (tertiary/aromatic N) is 3. The van der Waals surface area contributed by atoms with E-state index in [2.05, 4.69) is 4.90 Å². The fourth-order valence-electron chi connectivity index (χ4n) is 3.03. The summed E-state index contributed by atoms with van der Waals surface area (Å²) < 4.78 is 10.7. The van der Waals surface area contributed by atoms with Gasteiger partial charge in [-0.3, -0.25) is 10.1 Å². The van der Waals surface area contributed by atoms with Crippen molar-refractivity contribution in [3.63, 3.8) is 0 Å². The van der Waals surface area contributed by atoms with E-state index in [1.807, 2.05) is 27.7 Å². The van der Waals surface area contributed by atoms with Crippen LogP contribution in [0, 0.1) is 10.1 Å². The molecule has 0 radical (unpaired) electrons. The number of rotatable bonds is 4.